The fourth-order valence-corrected chi connectivity index (χ4v) is 3.33. The van der Waals surface area contributed by atoms with Gasteiger partial charge in [0.1, 0.15) is 5.76 Å². The van der Waals surface area contributed by atoms with Gasteiger partial charge >= 0.3 is 0 Å². The molecule has 1 aromatic heterocycles. The summed E-state index contributed by atoms with van der Waals surface area (Å²) in [6.45, 7) is 4.51. The van der Waals surface area contributed by atoms with Crippen molar-refractivity contribution >= 4 is 28.3 Å². The standard InChI is InChI=1S/C24H20ClNO2/c1-15-3-6-17(7-4-15)14-26-24(27)23-20-12-5-16(2)13-21(20)22(28-23)18-8-10-19(25)11-9-18/h3-13H,14H2,1-2H3,(H,26,27). The second kappa shape index (κ2) is 7.53. The number of rotatable bonds is 4. The maximum absolute atomic E-state index is 12.9. The third-order valence-corrected chi connectivity index (χ3v) is 5.01. The summed E-state index contributed by atoms with van der Waals surface area (Å²) in [5.41, 5.74) is 4.23. The summed E-state index contributed by atoms with van der Waals surface area (Å²) in [4.78, 5) is 12.9. The average molecular weight is 390 g/mol. The number of hydrogen-bond acceptors (Lipinski definition) is 2. The minimum Gasteiger partial charge on any atom is -0.450 e. The highest BCUT2D eigenvalue weighted by Gasteiger charge is 2.20. The number of carbonyl (C=O) groups is 1. The van der Waals surface area contributed by atoms with Crippen molar-refractivity contribution in [2.24, 2.45) is 0 Å². The van der Waals surface area contributed by atoms with Gasteiger partial charge in [-0.15, -0.1) is 0 Å². The maximum atomic E-state index is 12.9. The second-order valence-electron chi connectivity index (χ2n) is 6.98. The largest absolute Gasteiger partial charge is 0.450 e. The Morgan fingerprint density at radius 1 is 0.893 bits per heavy atom. The van der Waals surface area contributed by atoms with Gasteiger partial charge in [0, 0.05) is 27.9 Å². The number of halogens is 1. The normalized spacial score (nSPS) is 11.0. The van der Waals surface area contributed by atoms with E-state index in [2.05, 4.69) is 5.32 Å². The topological polar surface area (TPSA) is 42.2 Å². The Morgan fingerprint density at radius 2 is 1.57 bits per heavy atom. The first-order chi connectivity index (χ1) is 13.5. The summed E-state index contributed by atoms with van der Waals surface area (Å²) in [5.74, 6) is 0.776. The Hall–Kier alpha value is -3.04. The fraction of sp³-hybridized carbons (Fsp3) is 0.125. The van der Waals surface area contributed by atoms with Crippen LogP contribution in [0.1, 0.15) is 27.2 Å². The van der Waals surface area contributed by atoms with Gasteiger partial charge in [-0.05, 0) is 49.7 Å². The molecule has 0 radical (unpaired) electrons. The Bertz CT molecular complexity index is 1140. The smallest absolute Gasteiger partial charge is 0.287 e. The Balaban J connectivity index is 1.69. The van der Waals surface area contributed by atoms with E-state index in [-0.39, 0.29) is 5.91 Å². The first kappa shape index (κ1) is 18.3. The quantitative estimate of drug-likeness (QED) is 0.445. The maximum Gasteiger partial charge on any atom is 0.287 e. The summed E-state index contributed by atoms with van der Waals surface area (Å²) >= 11 is 6.01. The summed E-state index contributed by atoms with van der Waals surface area (Å²) in [7, 11) is 0. The molecule has 0 fully saturated rings. The van der Waals surface area contributed by atoms with Crippen molar-refractivity contribution in [1.29, 1.82) is 0 Å². The monoisotopic (exact) mass is 389 g/mol. The van der Waals surface area contributed by atoms with Crippen molar-refractivity contribution < 1.29 is 9.21 Å². The number of furan rings is 1. The molecular formula is C24H20ClNO2. The third-order valence-electron chi connectivity index (χ3n) is 4.75. The predicted octanol–water partition coefficient (Wildman–Crippen LogP) is 6.30. The van der Waals surface area contributed by atoms with Crippen LogP contribution < -0.4 is 5.32 Å². The molecule has 4 aromatic rings. The van der Waals surface area contributed by atoms with Crippen LogP contribution in [0.15, 0.2) is 71.1 Å². The Kier molecular flexibility index (Phi) is 4.93. The van der Waals surface area contributed by atoms with Crippen molar-refractivity contribution in [3.05, 3.63) is 94.2 Å². The molecule has 28 heavy (non-hydrogen) atoms. The first-order valence-electron chi connectivity index (χ1n) is 9.14. The van der Waals surface area contributed by atoms with E-state index in [1.165, 1.54) is 5.56 Å². The van der Waals surface area contributed by atoms with Crippen LogP contribution in [0.4, 0.5) is 0 Å². The van der Waals surface area contributed by atoms with Gasteiger partial charge in [0.05, 0.1) is 0 Å². The minimum atomic E-state index is -0.227. The summed E-state index contributed by atoms with van der Waals surface area (Å²) < 4.78 is 6.06. The lowest BCUT2D eigenvalue weighted by Gasteiger charge is -2.04. The zero-order valence-corrected chi connectivity index (χ0v) is 16.5. The van der Waals surface area contributed by atoms with E-state index in [1.807, 2.05) is 80.6 Å². The zero-order chi connectivity index (χ0) is 19.7. The lowest BCUT2D eigenvalue weighted by Crippen LogP contribution is -2.22. The minimum absolute atomic E-state index is 0.227. The molecule has 0 aliphatic carbocycles. The van der Waals surface area contributed by atoms with Crippen LogP contribution in [-0.2, 0) is 6.54 Å². The van der Waals surface area contributed by atoms with Gasteiger partial charge in [-0.2, -0.15) is 0 Å². The number of hydrogen-bond donors (Lipinski definition) is 1. The lowest BCUT2D eigenvalue weighted by molar-refractivity contribution is 0.0926. The molecule has 0 bridgehead atoms. The van der Waals surface area contributed by atoms with Gasteiger partial charge in [0.25, 0.3) is 5.91 Å². The van der Waals surface area contributed by atoms with E-state index in [0.717, 1.165) is 27.5 Å². The molecule has 1 heterocycles. The van der Waals surface area contributed by atoms with Crippen molar-refractivity contribution in [3.63, 3.8) is 0 Å². The van der Waals surface area contributed by atoms with E-state index < -0.39 is 0 Å². The number of amides is 1. The second-order valence-corrected chi connectivity index (χ2v) is 7.42. The predicted molar refractivity (Wildman–Crippen MR) is 114 cm³/mol. The molecule has 140 valence electrons. The molecule has 0 aliphatic rings. The summed E-state index contributed by atoms with van der Waals surface area (Å²) in [6, 6.07) is 21.5. The first-order valence-corrected chi connectivity index (χ1v) is 9.52. The molecule has 3 aromatic carbocycles. The van der Waals surface area contributed by atoms with Crippen molar-refractivity contribution in [2.75, 3.05) is 0 Å². The van der Waals surface area contributed by atoms with Gasteiger partial charge in [-0.3, -0.25) is 4.79 Å². The van der Waals surface area contributed by atoms with Crippen LogP contribution >= 0.6 is 11.6 Å². The van der Waals surface area contributed by atoms with Crippen molar-refractivity contribution in [1.82, 2.24) is 5.32 Å². The van der Waals surface area contributed by atoms with Gasteiger partial charge in [0.2, 0.25) is 0 Å². The molecule has 1 N–H and O–H groups in total. The van der Waals surface area contributed by atoms with Crippen LogP contribution in [0.3, 0.4) is 0 Å². The molecule has 0 saturated heterocycles. The Labute approximate surface area is 168 Å². The Morgan fingerprint density at radius 3 is 2.29 bits per heavy atom. The highest BCUT2D eigenvalue weighted by atomic mass is 35.5. The van der Waals surface area contributed by atoms with Gasteiger partial charge in [0.15, 0.2) is 5.76 Å². The highest BCUT2D eigenvalue weighted by molar-refractivity contribution is 6.30. The van der Waals surface area contributed by atoms with Gasteiger partial charge < -0.3 is 9.73 Å². The summed E-state index contributed by atoms with van der Waals surface area (Å²) in [6.07, 6.45) is 0. The molecule has 3 nitrogen and oxygen atoms in total. The van der Waals surface area contributed by atoms with Crippen molar-refractivity contribution in [3.8, 4) is 11.3 Å². The lowest BCUT2D eigenvalue weighted by atomic mass is 10.0. The van der Waals surface area contributed by atoms with E-state index in [1.54, 1.807) is 0 Å². The van der Waals surface area contributed by atoms with E-state index in [9.17, 15) is 4.79 Å². The number of aryl methyl sites for hydroxylation is 2. The molecule has 0 spiro atoms. The van der Waals surface area contributed by atoms with E-state index >= 15 is 0 Å². The zero-order valence-electron chi connectivity index (χ0n) is 15.8. The van der Waals surface area contributed by atoms with Crippen LogP contribution in [0.2, 0.25) is 5.02 Å². The number of benzene rings is 3. The molecule has 4 rings (SSSR count). The SMILES string of the molecule is Cc1ccc(CNC(=O)c2oc(-c3ccc(Cl)cc3)c3cc(C)ccc23)cc1. The van der Waals surface area contributed by atoms with Gasteiger partial charge in [-0.25, -0.2) is 0 Å². The molecule has 0 unspecified atom stereocenters. The summed E-state index contributed by atoms with van der Waals surface area (Å²) in [5, 5.41) is 5.34. The van der Waals surface area contributed by atoms with E-state index in [4.69, 9.17) is 16.0 Å². The molecular weight excluding hydrogens is 370 g/mol. The van der Waals surface area contributed by atoms with Gasteiger partial charge in [-0.1, -0.05) is 59.1 Å². The van der Waals surface area contributed by atoms with Crippen LogP contribution in [0, 0.1) is 13.8 Å². The molecule has 4 heteroatoms. The molecule has 0 aliphatic heterocycles. The molecule has 0 atom stereocenters. The van der Waals surface area contributed by atoms with Crippen LogP contribution in [0.25, 0.3) is 22.1 Å². The fourth-order valence-electron chi connectivity index (χ4n) is 3.21. The van der Waals surface area contributed by atoms with E-state index in [0.29, 0.717) is 23.1 Å². The average Bonchev–Trinajstić information content (AvgIpc) is 3.06. The number of nitrogens with one attached hydrogen (secondary N) is 1. The molecule has 1 amide bonds. The highest BCUT2D eigenvalue weighted by Crippen LogP contribution is 2.35. The number of carbonyl (C=O) groups excluding carboxylic acids is 1. The number of fused-ring (bicyclic) bond motifs is 1. The van der Waals surface area contributed by atoms with Crippen LogP contribution in [-0.4, -0.2) is 5.91 Å². The third kappa shape index (κ3) is 3.67. The molecule has 0 saturated carbocycles. The van der Waals surface area contributed by atoms with Crippen LogP contribution in [0.5, 0.6) is 0 Å². The van der Waals surface area contributed by atoms with Crippen molar-refractivity contribution in [2.45, 2.75) is 20.4 Å².